The van der Waals surface area contributed by atoms with Crippen LogP contribution in [0.5, 0.6) is 0 Å². The van der Waals surface area contributed by atoms with Gasteiger partial charge in [0.25, 0.3) is 0 Å². The van der Waals surface area contributed by atoms with Crippen molar-refractivity contribution in [3.8, 4) is 0 Å². The highest BCUT2D eigenvalue weighted by molar-refractivity contribution is 5.89. The minimum Gasteiger partial charge on any atom is -0.462 e. The Morgan fingerprint density at radius 3 is 2.40 bits per heavy atom. The summed E-state index contributed by atoms with van der Waals surface area (Å²) >= 11 is 0. The summed E-state index contributed by atoms with van der Waals surface area (Å²) in [6.45, 7) is 3.26. The second-order valence-electron chi connectivity index (χ2n) is 4.05. The van der Waals surface area contributed by atoms with E-state index in [1.807, 2.05) is 12.1 Å². The lowest BCUT2D eigenvalue weighted by molar-refractivity contribution is -0.121. The van der Waals surface area contributed by atoms with Crippen LogP contribution in [0, 0.1) is 0 Å². The maximum Gasteiger partial charge on any atom is 0.338 e. The molecule has 0 radical (unpaired) electrons. The lowest BCUT2D eigenvalue weighted by Crippen LogP contribution is -2.26. The minimum atomic E-state index is -0.327. The summed E-state index contributed by atoms with van der Waals surface area (Å²) < 4.78 is 4.89. The Balaban J connectivity index is 0.00000361. The number of amides is 1. The van der Waals surface area contributed by atoms with Gasteiger partial charge in [-0.15, -0.1) is 12.4 Å². The van der Waals surface area contributed by atoms with Crippen LogP contribution in [0.15, 0.2) is 24.3 Å². The molecular weight excluding hydrogens is 280 g/mol. The van der Waals surface area contributed by atoms with Gasteiger partial charge in [0.15, 0.2) is 0 Å². The Morgan fingerprint density at radius 2 is 1.85 bits per heavy atom. The molecule has 0 fully saturated rings. The first-order valence-corrected chi connectivity index (χ1v) is 6.34. The molecule has 5 nitrogen and oxygen atoms in total. The monoisotopic (exact) mass is 300 g/mol. The van der Waals surface area contributed by atoms with Gasteiger partial charge in [0.05, 0.1) is 12.2 Å². The van der Waals surface area contributed by atoms with Crippen molar-refractivity contribution < 1.29 is 14.3 Å². The fourth-order valence-electron chi connectivity index (χ4n) is 1.50. The molecule has 0 unspecified atom stereocenters. The molecule has 0 aliphatic carbocycles. The van der Waals surface area contributed by atoms with Gasteiger partial charge in [-0.1, -0.05) is 12.1 Å². The molecule has 20 heavy (non-hydrogen) atoms. The molecule has 0 aliphatic heterocycles. The fourth-order valence-corrected chi connectivity index (χ4v) is 1.50. The van der Waals surface area contributed by atoms with Gasteiger partial charge in [-0.2, -0.15) is 0 Å². The summed E-state index contributed by atoms with van der Waals surface area (Å²) in [6, 6.07) is 7.02. The first-order chi connectivity index (χ1) is 9.17. The topological polar surface area (TPSA) is 67.4 Å². The van der Waals surface area contributed by atoms with E-state index in [1.165, 1.54) is 0 Å². The highest BCUT2D eigenvalue weighted by Gasteiger charge is 2.06. The Morgan fingerprint density at radius 1 is 1.20 bits per heavy atom. The van der Waals surface area contributed by atoms with Crippen LogP contribution < -0.4 is 10.6 Å². The molecule has 0 atom stereocenters. The number of benzene rings is 1. The molecule has 1 rings (SSSR count). The zero-order chi connectivity index (χ0) is 14.1. The second kappa shape index (κ2) is 10.2. The third-order valence-corrected chi connectivity index (χ3v) is 2.56. The SMILES string of the molecule is CCOC(=O)c1ccc(CNC(=O)CCNC)cc1.Cl. The van der Waals surface area contributed by atoms with E-state index in [9.17, 15) is 9.59 Å². The molecule has 2 N–H and O–H groups in total. The third kappa shape index (κ3) is 6.54. The highest BCUT2D eigenvalue weighted by Crippen LogP contribution is 2.06. The average molecular weight is 301 g/mol. The molecule has 0 spiro atoms. The van der Waals surface area contributed by atoms with Gasteiger partial charge >= 0.3 is 5.97 Å². The Labute approximate surface area is 125 Å². The van der Waals surface area contributed by atoms with Crippen LogP contribution in [0.2, 0.25) is 0 Å². The van der Waals surface area contributed by atoms with Gasteiger partial charge in [-0.3, -0.25) is 4.79 Å². The quantitative estimate of drug-likeness (QED) is 0.749. The van der Waals surface area contributed by atoms with Crippen LogP contribution in [-0.2, 0) is 16.1 Å². The van der Waals surface area contributed by atoms with Crippen LogP contribution in [0.1, 0.15) is 29.3 Å². The highest BCUT2D eigenvalue weighted by atomic mass is 35.5. The maximum absolute atomic E-state index is 11.4. The molecule has 112 valence electrons. The molecule has 1 aromatic carbocycles. The number of carbonyl (C=O) groups excluding carboxylic acids is 2. The van der Waals surface area contributed by atoms with E-state index in [2.05, 4.69) is 10.6 Å². The Kier molecular flexibility index (Phi) is 9.41. The van der Waals surface area contributed by atoms with Crippen LogP contribution in [0.4, 0.5) is 0 Å². The van der Waals surface area contributed by atoms with Crippen molar-refractivity contribution in [2.45, 2.75) is 19.9 Å². The van der Waals surface area contributed by atoms with Gasteiger partial charge < -0.3 is 15.4 Å². The van der Waals surface area contributed by atoms with Crippen molar-refractivity contribution in [3.05, 3.63) is 35.4 Å². The van der Waals surface area contributed by atoms with Crippen molar-refractivity contribution >= 4 is 24.3 Å². The van der Waals surface area contributed by atoms with Crippen LogP contribution in [-0.4, -0.2) is 32.1 Å². The first kappa shape index (κ1) is 18.4. The standard InChI is InChI=1S/C14H20N2O3.ClH/c1-3-19-14(18)12-6-4-11(5-7-12)10-16-13(17)8-9-15-2;/h4-7,15H,3,8-10H2,1-2H3,(H,16,17);1H. The number of nitrogens with one attached hydrogen (secondary N) is 2. The molecule has 0 saturated heterocycles. The maximum atomic E-state index is 11.4. The van der Waals surface area contributed by atoms with E-state index in [0.717, 1.165) is 5.56 Å². The van der Waals surface area contributed by atoms with Gasteiger partial charge in [-0.25, -0.2) is 4.79 Å². The van der Waals surface area contributed by atoms with Crippen molar-refractivity contribution in [1.82, 2.24) is 10.6 Å². The lowest BCUT2D eigenvalue weighted by atomic mass is 10.1. The van der Waals surface area contributed by atoms with E-state index in [4.69, 9.17) is 4.74 Å². The van der Waals surface area contributed by atoms with Gasteiger partial charge in [0.1, 0.15) is 0 Å². The summed E-state index contributed by atoms with van der Waals surface area (Å²) in [5, 5.41) is 5.73. The average Bonchev–Trinajstić information content (AvgIpc) is 2.43. The first-order valence-electron chi connectivity index (χ1n) is 6.34. The molecule has 1 aromatic rings. The lowest BCUT2D eigenvalue weighted by Gasteiger charge is -2.06. The van der Waals surface area contributed by atoms with E-state index in [1.54, 1.807) is 26.1 Å². The molecule has 0 aromatic heterocycles. The van der Waals surface area contributed by atoms with E-state index in [-0.39, 0.29) is 24.3 Å². The number of esters is 1. The van der Waals surface area contributed by atoms with E-state index < -0.39 is 0 Å². The number of ether oxygens (including phenoxy) is 1. The van der Waals surface area contributed by atoms with E-state index in [0.29, 0.717) is 31.7 Å². The van der Waals surface area contributed by atoms with Crippen LogP contribution >= 0.6 is 12.4 Å². The molecule has 0 heterocycles. The number of carbonyl (C=O) groups is 2. The van der Waals surface area contributed by atoms with Crippen molar-refractivity contribution in [2.75, 3.05) is 20.2 Å². The summed E-state index contributed by atoms with van der Waals surface area (Å²) in [7, 11) is 1.81. The third-order valence-electron chi connectivity index (χ3n) is 2.56. The normalized spacial score (nSPS) is 9.50. The van der Waals surface area contributed by atoms with Crippen molar-refractivity contribution in [1.29, 1.82) is 0 Å². The summed E-state index contributed by atoms with van der Waals surface area (Å²) in [5.74, 6) is -0.323. The largest absolute Gasteiger partial charge is 0.462 e. The number of hydrogen-bond donors (Lipinski definition) is 2. The number of rotatable bonds is 7. The zero-order valence-corrected chi connectivity index (χ0v) is 12.6. The summed E-state index contributed by atoms with van der Waals surface area (Å²) in [6.07, 6.45) is 0.456. The second-order valence-corrected chi connectivity index (χ2v) is 4.05. The predicted octanol–water partition coefficient (Wildman–Crippen LogP) is 1.51. The fraction of sp³-hybridized carbons (Fsp3) is 0.429. The van der Waals surface area contributed by atoms with Gasteiger partial charge in [0.2, 0.25) is 5.91 Å². The Hall–Kier alpha value is -1.59. The number of hydrogen-bond acceptors (Lipinski definition) is 4. The molecule has 0 aliphatic rings. The Bertz CT molecular complexity index is 421. The van der Waals surface area contributed by atoms with Crippen LogP contribution in [0.25, 0.3) is 0 Å². The molecule has 6 heteroatoms. The minimum absolute atomic E-state index is 0. The van der Waals surface area contributed by atoms with E-state index >= 15 is 0 Å². The summed E-state index contributed by atoms with van der Waals surface area (Å²) in [4.78, 5) is 22.9. The van der Waals surface area contributed by atoms with Crippen LogP contribution in [0.3, 0.4) is 0 Å². The molecule has 0 saturated carbocycles. The van der Waals surface area contributed by atoms with Gasteiger partial charge in [0, 0.05) is 19.5 Å². The molecule has 1 amide bonds. The zero-order valence-electron chi connectivity index (χ0n) is 11.8. The smallest absolute Gasteiger partial charge is 0.338 e. The molecule has 0 bridgehead atoms. The predicted molar refractivity (Wildman–Crippen MR) is 80.0 cm³/mol. The van der Waals surface area contributed by atoms with Gasteiger partial charge in [-0.05, 0) is 31.7 Å². The van der Waals surface area contributed by atoms with Crippen molar-refractivity contribution in [2.24, 2.45) is 0 Å². The summed E-state index contributed by atoms with van der Waals surface area (Å²) in [5.41, 5.74) is 1.47. The molecular formula is C14H21ClN2O3. The van der Waals surface area contributed by atoms with Crippen molar-refractivity contribution in [3.63, 3.8) is 0 Å². The number of halogens is 1.